The average Bonchev–Trinajstić information content (AvgIpc) is 3.04. The fourth-order valence-corrected chi connectivity index (χ4v) is 3.74. The molecule has 1 amide bonds. The number of carbonyl (C=O) groups excluding carboxylic acids is 1. The molecule has 1 aliphatic rings. The molecule has 2 heterocycles. The van der Waals surface area contributed by atoms with Crippen LogP contribution in [-0.2, 0) is 24.9 Å². The molecule has 1 N–H and O–H groups in total. The second-order valence-corrected chi connectivity index (χ2v) is 7.51. The van der Waals surface area contributed by atoms with E-state index in [1.165, 1.54) is 12.8 Å². The van der Waals surface area contributed by atoms with Crippen molar-refractivity contribution in [3.8, 4) is 0 Å². The molecule has 1 aromatic heterocycles. The molecule has 1 atom stereocenters. The van der Waals surface area contributed by atoms with E-state index in [9.17, 15) is 4.79 Å². The molecule has 0 bridgehead atoms. The van der Waals surface area contributed by atoms with Crippen LogP contribution in [0.15, 0.2) is 36.7 Å². The van der Waals surface area contributed by atoms with Crippen LogP contribution in [-0.4, -0.2) is 33.4 Å². The number of halogens is 1. The number of aromatic nitrogens is 2. The summed E-state index contributed by atoms with van der Waals surface area (Å²) in [7, 11) is 2.03. The molecule has 0 spiro atoms. The first kappa shape index (κ1) is 18.9. The van der Waals surface area contributed by atoms with Crippen molar-refractivity contribution in [1.82, 2.24) is 19.8 Å². The molecule has 140 valence electrons. The Kier molecular flexibility index (Phi) is 6.69. The van der Waals surface area contributed by atoms with Crippen LogP contribution in [0.4, 0.5) is 0 Å². The predicted octanol–water partition coefficient (Wildman–Crippen LogP) is 3.38. The highest BCUT2D eigenvalue weighted by Gasteiger charge is 2.21. The van der Waals surface area contributed by atoms with Gasteiger partial charge in [-0.25, -0.2) is 4.98 Å². The Bertz CT molecular complexity index is 730. The lowest BCUT2D eigenvalue weighted by molar-refractivity contribution is -0.121. The molecular weight excluding hydrogens is 348 g/mol. The highest BCUT2D eigenvalue weighted by Crippen LogP contribution is 2.22. The number of hydrogen-bond donors (Lipinski definition) is 1. The van der Waals surface area contributed by atoms with Crippen molar-refractivity contribution in [2.24, 2.45) is 13.0 Å². The Labute approximate surface area is 160 Å². The molecule has 5 nitrogen and oxygen atoms in total. The van der Waals surface area contributed by atoms with E-state index in [1.54, 1.807) is 0 Å². The zero-order valence-corrected chi connectivity index (χ0v) is 16.1. The van der Waals surface area contributed by atoms with E-state index in [2.05, 4.69) is 19.8 Å². The van der Waals surface area contributed by atoms with Crippen molar-refractivity contribution in [2.45, 2.75) is 38.8 Å². The number of imidazole rings is 1. The van der Waals surface area contributed by atoms with Crippen LogP contribution >= 0.6 is 11.6 Å². The second kappa shape index (κ2) is 9.19. The topological polar surface area (TPSA) is 50.2 Å². The first-order valence-corrected chi connectivity index (χ1v) is 9.68. The van der Waals surface area contributed by atoms with Crippen LogP contribution in [0.1, 0.15) is 37.1 Å². The number of nitrogens with one attached hydrogen (secondary N) is 1. The summed E-state index contributed by atoms with van der Waals surface area (Å²) < 4.78 is 2.08. The number of aryl methyl sites for hydroxylation is 1. The summed E-state index contributed by atoms with van der Waals surface area (Å²) >= 11 is 6.13. The predicted molar refractivity (Wildman–Crippen MR) is 104 cm³/mol. The highest BCUT2D eigenvalue weighted by atomic mass is 35.5. The van der Waals surface area contributed by atoms with Crippen LogP contribution in [0.2, 0.25) is 5.02 Å². The molecule has 1 saturated heterocycles. The van der Waals surface area contributed by atoms with E-state index in [4.69, 9.17) is 11.6 Å². The number of benzene rings is 1. The van der Waals surface area contributed by atoms with Gasteiger partial charge in [0.15, 0.2) is 0 Å². The molecular formula is C20H27ClN4O. The van der Waals surface area contributed by atoms with Crippen molar-refractivity contribution < 1.29 is 4.79 Å². The van der Waals surface area contributed by atoms with Gasteiger partial charge in [0.2, 0.25) is 5.91 Å². The molecule has 0 aliphatic carbocycles. The number of amides is 1. The van der Waals surface area contributed by atoms with Gasteiger partial charge in [0.25, 0.3) is 0 Å². The number of likely N-dealkylation sites (tertiary alicyclic amines) is 1. The summed E-state index contributed by atoms with van der Waals surface area (Å²) in [5, 5.41) is 3.68. The lowest BCUT2D eigenvalue weighted by Crippen LogP contribution is -2.36. The minimum Gasteiger partial charge on any atom is -0.352 e. The maximum Gasteiger partial charge on any atom is 0.220 e. The molecule has 1 fully saturated rings. The maximum absolute atomic E-state index is 12.2. The van der Waals surface area contributed by atoms with Crippen LogP contribution in [0.25, 0.3) is 0 Å². The van der Waals surface area contributed by atoms with Gasteiger partial charge in [0.1, 0.15) is 5.82 Å². The molecule has 1 aromatic carbocycles. The molecule has 0 radical (unpaired) electrons. The fraction of sp³-hybridized carbons (Fsp3) is 0.500. The minimum absolute atomic E-state index is 0.103. The number of piperidine rings is 1. The van der Waals surface area contributed by atoms with E-state index in [0.717, 1.165) is 37.4 Å². The summed E-state index contributed by atoms with van der Waals surface area (Å²) in [6.07, 6.45) is 7.74. The van der Waals surface area contributed by atoms with Gasteiger partial charge in [-0.15, -0.1) is 0 Å². The van der Waals surface area contributed by atoms with Gasteiger partial charge in [0, 0.05) is 44.0 Å². The van der Waals surface area contributed by atoms with Crippen molar-refractivity contribution in [1.29, 1.82) is 0 Å². The van der Waals surface area contributed by atoms with Crippen molar-refractivity contribution >= 4 is 17.5 Å². The molecule has 1 aliphatic heterocycles. The quantitative estimate of drug-likeness (QED) is 0.808. The normalized spacial score (nSPS) is 18.0. The van der Waals surface area contributed by atoms with Gasteiger partial charge in [-0.3, -0.25) is 9.69 Å². The van der Waals surface area contributed by atoms with E-state index in [1.807, 2.05) is 43.7 Å². The Morgan fingerprint density at radius 2 is 2.23 bits per heavy atom. The third-order valence-electron chi connectivity index (χ3n) is 5.10. The van der Waals surface area contributed by atoms with E-state index in [-0.39, 0.29) is 5.91 Å². The summed E-state index contributed by atoms with van der Waals surface area (Å²) in [4.78, 5) is 19.0. The van der Waals surface area contributed by atoms with E-state index >= 15 is 0 Å². The van der Waals surface area contributed by atoms with Crippen LogP contribution in [0.5, 0.6) is 0 Å². The minimum atomic E-state index is 0.103. The first-order valence-electron chi connectivity index (χ1n) is 9.30. The third-order valence-corrected chi connectivity index (χ3v) is 5.47. The molecule has 6 heteroatoms. The van der Waals surface area contributed by atoms with Gasteiger partial charge in [-0.2, -0.15) is 0 Å². The standard InChI is InChI=1S/C20H27ClN4O/c1-24-12-10-22-19(24)15-25-11-4-5-16(14-25)8-9-20(26)23-13-17-6-2-3-7-18(17)21/h2-3,6-7,10,12,16H,4-5,8-9,11,13-15H2,1H3,(H,23,26). The molecule has 3 rings (SSSR count). The lowest BCUT2D eigenvalue weighted by atomic mass is 9.93. The van der Waals surface area contributed by atoms with Crippen LogP contribution in [0, 0.1) is 5.92 Å². The molecule has 0 saturated carbocycles. The SMILES string of the molecule is Cn1ccnc1CN1CCCC(CCC(=O)NCc2ccccc2Cl)C1. The Hall–Kier alpha value is -1.85. The average molecular weight is 375 g/mol. The summed E-state index contributed by atoms with van der Waals surface area (Å²) in [6.45, 7) is 3.54. The molecule has 26 heavy (non-hydrogen) atoms. The zero-order chi connectivity index (χ0) is 18.4. The number of nitrogens with zero attached hydrogens (tertiary/aromatic N) is 3. The van der Waals surface area contributed by atoms with Crippen molar-refractivity contribution in [3.05, 3.63) is 53.1 Å². The second-order valence-electron chi connectivity index (χ2n) is 7.10. The molecule has 2 aromatic rings. The highest BCUT2D eigenvalue weighted by molar-refractivity contribution is 6.31. The third kappa shape index (κ3) is 5.32. The number of hydrogen-bond acceptors (Lipinski definition) is 3. The molecule has 1 unspecified atom stereocenters. The van der Waals surface area contributed by atoms with E-state index < -0.39 is 0 Å². The number of carbonyl (C=O) groups is 1. The summed E-state index contributed by atoms with van der Waals surface area (Å²) in [6, 6.07) is 7.62. The Balaban J connectivity index is 1.40. The van der Waals surface area contributed by atoms with Gasteiger partial charge in [-0.05, 0) is 43.4 Å². The van der Waals surface area contributed by atoms with Crippen molar-refractivity contribution in [2.75, 3.05) is 13.1 Å². The smallest absolute Gasteiger partial charge is 0.220 e. The van der Waals surface area contributed by atoms with Crippen LogP contribution in [0.3, 0.4) is 0 Å². The first-order chi connectivity index (χ1) is 12.6. The van der Waals surface area contributed by atoms with Gasteiger partial charge < -0.3 is 9.88 Å². The summed E-state index contributed by atoms with van der Waals surface area (Å²) in [5.41, 5.74) is 0.960. The van der Waals surface area contributed by atoms with Gasteiger partial charge in [-0.1, -0.05) is 29.8 Å². The van der Waals surface area contributed by atoms with Crippen LogP contribution < -0.4 is 5.32 Å². The zero-order valence-electron chi connectivity index (χ0n) is 15.3. The number of rotatable bonds is 7. The van der Waals surface area contributed by atoms with Gasteiger partial charge >= 0.3 is 0 Å². The lowest BCUT2D eigenvalue weighted by Gasteiger charge is -2.32. The summed E-state index contributed by atoms with van der Waals surface area (Å²) in [5.74, 6) is 1.78. The van der Waals surface area contributed by atoms with E-state index in [0.29, 0.717) is 23.9 Å². The fourth-order valence-electron chi connectivity index (χ4n) is 3.54. The monoisotopic (exact) mass is 374 g/mol. The van der Waals surface area contributed by atoms with Gasteiger partial charge in [0.05, 0.1) is 6.54 Å². The van der Waals surface area contributed by atoms with Crippen molar-refractivity contribution in [3.63, 3.8) is 0 Å². The Morgan fingerprint density at radius 3 is 3.00 bits per heavy atom. The Morgan fingerprint density at radius 1 is 1.38 bits per heavy atom. The maximum atomic E-state index is 12.2. The largest absolute Gasteiger partial charge is 0.352 e.